The van der Waals surface area contributed by atoms with Crippen molar-refractivity contribution in [1.29, 1.82) is 0 Å². The lowest BCUT2D eigenvalue weighted by Crippen LogP contribution is -2.45. The Bertz CT molecular complexity index is 161. The molecule has 0 saturated carbocycles. The first-order valence-corrected chi connectivity index (χ1v) is 6.29. The third-order valence-electron chi connectivity index (χ3n) is 2.98. The molecule has 78 valence electrons. The van der Waals surface area contributed by atoms with Crippen molar-refractivity contribution >= 4 is 22.6 Å². The summed E-state index contributed by atoms with van der Waals surface area (Å²) in [4.78, 5) is 2.23. The highest BCUT2D eigenvalue weighted by molar-refractivity contribution is 14.1. The molecule has 1 rings (SSSR count). The Hall–Kier alpha value is 0.620. The van der Waals surface area contributed by atoms with Crippen LogP contribution in [0.2, 0.25) is 0 Å². The van der Waals surface area contributed by atoms with Crippen LogP contribution in [-0.4, -0.2) is 28.2 Å². The van der Waals surface area contributed by atoms with Crippen molar-refractivity contribution in [2.24, 2.45) is 11.8 Å². The van der Waals surface area contributed by atoms with Gasteiger partial charge < -0.3 is 0 Å². The largest absolute Gasteiger partial charge is 0.289 e. The van der Waals surface area contributed by atoms with Gasteiger partial charge in [-0.3, -0.25) is 4.90 Å². The normalized spacial score (nSPS) is 33.7. The molecular weight excluding hydrogens is 280 g/mol. The molecule has 0 aliphatic carbocycles. The molecule has 0 aromatic carbocycles. The number of alkyl halides is 2. The van der Waals surface area contributed by atoms with Crippen LogP contribution in [0.5, 0.6) is 0 Å². The van der Waals surface area contributed by atoms with Crippen molar-refractivity contribution < 1.29 is 4.39 Å². The first kappa shape index (κ1) is 11.7. The standard InChI is InChI=1S/C10H19FIN/c1-7(2)9-4-5-13(8(3)12)6-10(9)11/h7-10H,4-6H2,1-3H3. The maximum absolute atomic E-state index is 13.7. The summed E-state index contributed by atoms with van der Waals surface area (Å²) in [6, 6.07) is 0. The Labute approximate surface area is 94.2 Å². The quantitative estimate of drug-likeness (QED) is 0.430. The lowest BCUT2D eigenvalue weighted by molar-refractivity contribution is 0.0611. The van der Waals surface area contributed by atoms with Crippen LogP contribution >= 0.6 is 22.6 Å². The fourth-order valence-corrected chi connectivity index (χ4v) is 2.53. The molecular formula is C10H19FIN. The SMILES string of the molecule is CC(C)C1CCN(C(C)I)CC1F. The molecule has 1 heterocycles. The van der Waals surface area contributed by atoms with E-state index in [0.717, 1.165) is 13.0 Å². The monoisotopic (exact) mass is 299 g/mol. The highest BCUT2D eigenvalue weighted by atomic mass is 127. The average Bonchev–Trinajstić information content (AvgIpc) is 2.03. The molecule has 1 aliphatic rings. The number of nitrogens with zero attached hydrogens (tertiary/aromatic N) is 1. The van der Waals surface area contributed by atoms with Crippen LogP contribution in [0.25, 0.3) is 0 Å². The summed E-state index contributed by atoms with van der Waals surface area (Å²) in [5.74, 6) is 0.771. The van der Waals surface area contributed by atoms with Gasteiger partial charge in [-0.15, -0.1) is 0 Å². The fraction of sp³-hybridized carbons (Fsp3) is 1.00. The second kappa shape index (κ2) is 4.91. The lowest BCUT2D eigenvalue weighted by atomic mass is 9.85. The zero-order valence-electron chi connectivity index (χ0n) is 8.63. The molecule has 1 fully saturated rings. The van der Waals surface area contributed by atoms with Crippen molar-refractivity contribution in [3.63, 3.8) is 0 Å². The zero-order chi connectivity index (χ0) is 10.0. The van der Waals surface area contributed by atoms with Gasteiger partial charge in [0.1, 0.15) is 6.17 Å². The van der Waals surface area contributed by atoms with Gasteiger partial charge in [-0.1, -0.05) is 36.4 Å². The van der Waals surface area contributed by atoms with Gasteiger partial charge in [0.15, 0.2) is 0 Å². The summed E-state index contributed by atoms with van der Waals surface area (Å²) < 4.78 is 14.1. The summed E-state index contributed by atoms with van der Waals surface area (Å²) in [5.41, 5.74) is 0. The van der Waals surface area contributed by atoms with Crippen molar-refractivity contribution in [3.8, 4) is 0 Å². The van der Waals surface area contributed by atoms with Crippen molar-refractivity contribution in [2.75, 3.05) is 13.1 Å². The number of hydrogen-bond acceptors (Lipinski definition) is 1. The predicted molar refractivity (Wildman–Crippen MR) is 62.9 cm³/mol. The summed E-state index contributed by atoms with van der Waals surface area (Å²) in [6.45, 7) is 8.07. The van der Waals surface area contributed by atoms with Gasteiger partial charge >= 0.3 is 0 Å². The van der Waals surface area contributed by atoms with Gasteiger partial charge in [-0.25, -0.2) is 4.39 Å². The molecule has 0 amide bonds. The van der Waals surface area contributed by atoms with E-state index < -0.39 is 6.17 Å². The predicted octanol–water partition coefficient (Wildman–Crippen LogP) is 3.08. The molecule has 0 aromatic heterocycles. The van der Waals surface area contributed by atoms with E-state index in [2.05, 4.69) is 48.3 Å². The summed E-state index contributed by atoms with van der Waals surface area (Å²) >= 11 is 2.36. The summed E-state index contributed by atoms with van der Waals surface area (Å²) in [5, 5.41) is 0. The summed E-state index contributed by atoms with van der Waals surface area (Å²) in [7, 11) is 0. The van der Waals surface area contributed by atoms with Crippen LogP contribution in [0.4, 0.5) is 4.39 Å². The molecule has 1 saturated heterocycles. The van der Waals surface area contributed by atoms with E-state index in [-0.39, 0.29) is 5.92 Å². The number of hydrogen-bond donors (Lipinski definition) is 0. The van der Waals surface area contributed by atoms with Crippen LogP contribution in [0.15, 0.2) is 0 Å². The molecule has 0 aromatic rings. The third-order valence-corrected chi connectivity index (χ3v) is 3.77. The minimum Gasteiger partial charge on any atom is -0.289 e. The van der Waals surface area contributed by atoms with E-state index in [9.17, 15) is 4.39 Å². The van der Waals surface area contributed by atoms with Gasteiger partial charge in [0, 0.05) is 6.54 Å². The Morgan fingerprint density at radius 1 is 1.38 bits per heavy atom. The second-order valence-corrected chi connectivity index (χ2v) is 6.08. The molecule has 0 bridgehead atoms. The highest BCUT2D eigenvalue weighted by Crippen LogP contribution is 2.28. The van der Waals surface area contributed by atoms with Crippen LogP contribution in [-0.2, 0) is 0 Å². The molecule has 0 N–H and O–H groups in total. The average molecular weight is 299 g/mol. The lowest BCUT2D eigenvalue weighted by Gasteiger charge is -2.37. The van der Waals surface area contributed by atoms with Crippen molar-refractivity contribution in [1.82, 2.24) is 4.90 Å². The van der Waals surface area contributed by atoms with Crippen LogP contribution in [0.1, 0.15) is 27.2 Å². The zero-order valence-corrected chi connectivity index (χ0v) is 10.8. The Kier molecular flexibility index (Phi) is 4.42. The second-order valence-electron chi connectivity index (χ2n) is 4.28. The van der Waals surface area contributed by atoms with Gasteiger partial charge in [-0.2, -0.15) is 0 Å². The molecule has 3 unspecified atom stereocenters. The molecule has 1 aliphatic heterocycles. The van der Waals surface area contributed by atoms with Gasteiger partial charge in [0.25, 0.3) is 0 Å². The van der Waals surface area contributed by atoms with Gasteiger partial charge in [0.2, 0.25) is 0 Å². The maximum atomic E-state index is 13.7. The molecule has 1 nitrogen and oxygen atoms in total. The van der Waals surface area contributed by atoms with E-state index in [1.54, 1.807) is 0 Å². The third kappa shape index (κ3) is 3.05. The number of likely N-dealkylation sites (tertiary alicyclic amines) is 1. The van der Waals surface area contributed by atoms with E-state index >= 15 is 0 Å². The molecule has 0 radical (unpaired) electrons. The smallest absolute Gasteiger partial charge is 0.116 e. The highest BCUT2D eigenvalue weighted by Gasteiger charge is 2.32. The fourth-order valence-electron chi connectivity index (χ4n) is 2.02. The van der Waals surface area contributed by atoms with Crippen molar-refractivity contribution in [3.05, 3.63) is 0 Å². The van der Waals surface area contributed by atoms with Crippen LogP contribution < -0.4 is 0 Å². The summed E-state index contributed by atoms with van der Waals surface area (Å²) in [6.07, 6.45) is 0.401. The van der Waals surface area contributed by atoms with Crippen molar-refractivity contribution in [2.45, 2.75) is 37.4 Å². The van der Waals surface area contributed by atoms with E-state index in [1.807, 2.05) is 0 Å². The first-order valence-electron chi connectivity index (χ1n) is 5.04. The Morgan fingerprint density at radius 2 is 2.00 bits per heavy atom. The minimum absolute atomic E-state index is 0.284. The Morgan fingerprint density at radius 3 is 2.38 bits per heavy atom. The first-order chi connectivity index (χ1) is 6.02. The number of piperidine rings is 1. The Balaban J connectivity index is 2.46. The van der Waals surface area contributed by atoms with Gasteiger partial charge in [-0.05, 0) is 31.7 Å². The minimum atomic E-state index is -0.619. The molecule has 13 heavy (non-hydrogen) atoms. The molecule has 3 heteroatoms. The number of rotatable bonds is 2. The van der Waals surface area contributed by atoms with Crippen LogP contribution in [0, 0.1) is 11.8 Å². The van der Waals surface area contributed by atoms with E-state index in [4.69, 9.17) is 0 Å². The topological polar surface area (TPSA) is 3.24 Å². The number of halogens is 2. The van der Waals surface area contributed by atoms with Gasteiger partial charge in [0.05, 0.1) is 4.05 Å². The molecule has 0 spiro atoms. The van der Waals surface area contributed by atoms with E-state index in [0.29, 0.717) is 16.5 Å². The molecule has 3 atom stereocenters. The maximum Gasteiger partial charge on any atom is 0.116 e. The van der Waals surface area contributed by atoms with Crippen LogP contribution in [0.3, 0.4) is 0 Å². The van der Waals surface area contributed by atoms with E-state index in [1.165, 1.54) is 0 Å².